The van der Waals surface area contributed by atoms with Gasteiger partial charge in [0.1, 0.15) is 6.61 Å². The van der Waals surface area contributed by atoms with Gasteiger partial charge in [0.2, 0.25) is 0 Å². The van der Waals surface area contributed by atoms with Gasteiger partial charge in [0.05, 0.1) is 17.2 Å². The molecule has 0 N–H and O–H groups in total. The number of rotatable bonds is 8. The van der Waals surface area contributed by atoms with E-state index in [1.54, 1.807) is 11.3 Å². The second-order valence-electron chi connectivity index (χ2n) is 6.80. The van der Waals surface area contributed by atoms with Crippen molar-refractivity contribution in [2.24, 2.45) is 4.99 Å². The van der Waals surface area contributed by atoms with Crippen LogP contribution in [0.25, 0.3) is 10.4 Å². The van der Waals surface area contributed by atoms with Crippen LogP contribution in [-0.4, -0.2) is 11.2 Å². The first-order chi connectivity index (χ1) is 14.8. The molecule has 1 aromatic heterocycles. The van der Waals surface area contributed by atoms with Crippen LogP contribution in [0, 0.1) is 0 Å². The predicted octanol–water partition coefficient (Wildman–Crippen LogP) is 5.97. The third-order valence-electron chi connectivity index (χ3n) is 4.56. The maximum Gasteiger partial charge on any atom is 0.190 e. The van der Waals surface area contributed by atoms with Crippen molar-refractivity contribution in [3.63, 3.8) is 0 Å². The van der Waals surface area contributed by atoms with E-state index in [1.165, 1.54) is 10.4 Å². The van der Waals surface area contributed by atoms with E-state index < -0.39 is 0 Å². The number of benzene rings is 3. The number of hydrogen-bond acceptors (Lipinski definition) is 4. The van der Waals surface area contributed by atoms with Crippen LogP contribution < -0.4 is 4.80 Å². The summed E-state index contributed by atoms with van der Waals surface area (Å²) in [5.74, 6) is 0. The van der Waals surface area contributed by atoms with E-state index in [1.807, 2.05) is 43.3 Å². The van der Waals surface area contributed by atoms with Crippen molar-refractivity contribution < 1.29 is 9.78 Å². The van der Waals surface area contributed by atoms with Crippen LogP contribution in [-0.2, 0) is 22.9 Å². The van der Waals surface area contributed by atoms with Gasteiger partial charge in [0.15, 0.2) is 4.80 Å². The summed E-state index contributed by atoms with van der Waals surface area (Å²) in [7, 11) is 0. The molecule has 4 nitrogen and oxygen atoms in total. The third-order valence-corrected chi connectivity index (χ3v) is 5.63. The molecule has 152 valence electrons. The number of thiazole rings is 1. The van der Waals surface area contributed by atoms with Crippen LogP contribution in [0.2, 0.25) is 0 Å². The second kappa shape index (κ2) is 10.2. The fourth-order valence-corrected chi connectivity index (χ4v) is 4.08. The Labute approximate surface area is 180 Å². The van der Waals surface area contributed by atoms with E-state index in [-0.39, 0.29) is 0 Å². The Morgan fingerprint density at radius 3 is 2.20 bits per heavy atom. The summed E-state index contributed by atoms with van der Waals surface area (Å²) in [5.41, 5.74) is 4.45. The molecule has 0 radical (unpaired) electrons. The maximum atomic E-state index is 5.15. The van der Waals surface area contributed by atoms with Crippen molar-refractivity contribution in [1.82, 2.24) is 4.57 Å². The van der Waals surface area contributed by atoms with Gasteiger partial charge in [-0.05, 0) is 35.7 Å². The van der Waals surface area contributed by atoms with Crippen LogP contribution in [0.5, 0.6) is 0 Å². The van der Waals surface area contributed by atoms with Gasteiger partial charge < -0.3 is 4.57 Å². The molecule has 0 aliphatic rings. The molecule has 0 amide bonds. The van der Waals surface area contributed by atoms with E-state index in [0.29, 0.717) is 13.2 Å². The summed E-state index contributed by atoms with van der Waals surface area (Å²) >= 11 is 1.69. The average molecular weight is 417 g/mol. The molecular weight excluding hydrogens is 392 g/mol. The van der Waals surface area contributed by atoms with E-state index in [4.69, 9.17) is 14.8 Å². The Balaban J connectivity index is 1.65. The molecule has 0 saturated carbocycles. The Kier molecular flexibility index (Phi) is 6.87. The molecule has 0 fully saturated rings. The highest BCUT2D eigenvalue weighted by Crippen LogP contribution is 2.24. The lowest BCUT2D eigenvalue weighted by atomic mass is 10.1. The summed E-state index contributed by atoms with van der Waals surface area (Å²) in [6, 6.07) is 28.9. The van der Waals surface area contributed by atoms with Gasteiger partial charge in [-0.15, -0.1) is 0 Å². The lowest BCUT2D eigenvalue weighted by Crippen LogP contribution is -2.14. The minimum Gasteiger partial charge on any atom is -0.319 e. The third kappa shape index (κ3) is 5.33. The fourth-order valence-electron chi connectivity index (χ4n) is 3.07. The standard InChI is InChI=1S/C25H24N2O2S/c1-2-28-29-19-21-13-15-22(16-14-21)24-18-27(17-20-9-5-3-6-10-20)25(30-24)26-23-11-7-4-8-12-23/h3-16,18H,2,17,19H2,1H3. The minimum absolute atomic E-state index is 0.446. The summed E-state index contributed by atoms with van der Waals surface area (Å²) in [5, 5.41) is 0. The van der Waals surface area contributed by atoms with E-state index in [9.17, 15) is 0 Å². The van der Waals surface area contributed by atoms with Gasteiger partial charge in [0, 0.05) is 12.7 Å². The molecule has 4 rings (SSSR count). The molecule has 3 aromatic carbocycles. The van der Waals surface area contributed by atoms with Gasteiger partial charge in [-0.2, -0.15) is 0 Å². The summed E-state index contributed by atoms with van der Waals surface area (Å²) in [6.07, 6.45) is 2.19. The zero-order valence-electron chi connectivity index (χ0n) is 16.9. The highest BCUT2D eigenvalue weighted by atomic mass is 32.1. The molecule has 0 atom stereocenters. The molecular formula is C25H24N2O2S. The zero-order valence-corrected chi connectivity index (χ0v) is 17.7. The summed E-state index contributed by atoms with van der Waals surface area (Å²) < 4.78 is 2.22. The average Bonchev–Trinajstić information content (AvgIpc) is 3.18. The summed E-state index contributed by atoms with van der Waals surface area (Å²) in [6.45, 7) is 3.68. The molecule has 4 aromatic rings. The van der Waals surface area contributed by atoms with Crippen molar-refractivity contribution in [2.75, 3.05) is 6.61 Å². The van der Waals surface area contributed by atoms with Crippen molar-refractivity contribution >= 4 is 17.0 Å². The van der Waals surface area contributed by atoms with Crippen molar-refractivity contribution in [2.45, 2.75) is 20.1 Å². The topological polar surface area (TPSA) is 35.8 Å². The molecule has 5 heteroatoms. The lowest BCUT2D eigenvalue weighted by molar-refractivity contribution is -0.300. The van der Waals surface area contributed by atoms with Crippen molar-refractivity contribution in [3.05, 3.63) is 107 Å². The first-order valence-electron chi connectivity index (χ1n) is 9.99. The Hall–Kier alpha value is -2.99. The Morgan fingerprint density at radius 2 is 1.50 bits per heavy atom. The predicted molar refractivity (Wildman–Crippen MR) is 121 cm³/mol. The van der Waals surface area contributed by atoms with Crippen molar-refractivity contribution in [3.8, 4) is 10.4 Å². The van der Waals surface area contributed by atoms with Crippen LogP contribution in [0.4, 0.5) is 5.69 Å². The molecule has 0 spiro atoms. The quantitative estimate of drug-likeness (QED) is 0.202. The highest BCUT2D eigenvalue weighted by Gasteiger charge is 2.07. The fraction of sp³-hybridized carbons (Fsp3) is 0.160. The summed E-state index contributed by atoms with van der Waals surface area (Å²) in [4.78, 5) is 17.2. The first-order valence-corrected chi connectivity index (χ1v) is 10.8. The molecule has 0 unspecified atom stereocenters. The zero-order chi connectivity index (χ0) is 20.6. The van der Waals surface area contributed by atoms with E-state index in [2.05, 4.69) is 59.3 Å². The van der Waals surface area contributed by atoms with Crippen LogP contribution in [0.1, 0.15) is 18.1 Å². The lowest BCUT2D eigenvalue weighted by Gasteiger charge is -2.04. The number of para-hydroxylation sites is 1. The van der Waals surface area contributed by atoms with Gasteiger partial charge in [-0.1, -0.05) is 84.1 Å². The molecule has 1 heterocycles. The van der Waals surface area contributed by atoms with Crippen LogP contribution in [0.3, 0.4) is 0 Å². The largest absolute Gasteiger partial charge is 0.319 e. The van der Waals surface area contributed by atoms with E-state index >= 15 is 0 Å². The van der Waals surface area contributed by atoms with Gasteiger partial charge in [-0.3, -0.25) is 0 Å². The van der Waals surface area contributed by atoms with Gasteiger partial charge in [-0.25, -0.2) is 14.8 Å². The first kappa shape index (κ1) is 20.3. The number of aromatic nitrogens is 1. The van der Waals surface area contributed by atoms with Crippen molar-refractivity contribution in [1.29, 1.82) is 0 Å². The van der Waals surface area contributed by atoms with Crippen LogP contribution in [0.15, 0.2) is 96.1 Å². The second-order valence-corrected chi connectivity index (χ2v) is 7.81. The minimum atomic E-state index is 0.446. The molecule has 0 saturated heterocycles. The molecule has 0 aliphatic heterocycles. The number of hydrogen-bond donors (Lipinski definition) is 0. The Bertz CT molecular complexity index is 1120. The molecule has 0 aliphatic carbocycles. The molecule has 30 heavy (non-hydrogen) atoms. The van der Waals surface area contributed by atoms with E-state index in [0.717, 1.165) is 28.2 Å². The normalized spacial score (nSPS) is 11.7. The van der Waals surface area contributed by atoms with Gasteiger partial charge >= 0.3 is 0 Å². The number of nitrogens with zero attached hydrogens (tertiary/aromatic N) is 2. The van der Waals surface area contributed by atoms with Gasteiger partial charge in [0.25, 0.3) is 0 Å². The van der Waals surface area contributed by atoms with Crippen LogP contribution >= 0.6 is 11.3 Å². The molecule has 0 bridgehead atoms. The highest BCUT2D eigenvalue weighted by molar-refractivity contribution is 7.12. The monoisotopic (exact) mass is 416 g/mol. The smallest absolute Gasteiger partial charge is 0.190 e. The Morgan fingerprint density at radius 1 is 0.800 bits per heavy atom. The SMILES string of the molecule is CCOOCc1ccc(-c2cn(Cc3ccccc3)c(=Nc3ccccc3)s2)cc1. The maximum absolute atomic E-state index is 5.15.